The van der Waals surface area contributed by atoms with Crippen molar-refractivity contribution in [3.63, 3.8) is 0 Å². The van der Waals surface area contributed by atoms with Crippen molar-refractivity contribution >= 4 is 17.7 Å². The summed E-state index contributed by atoms with van der Waals surface area (Å²) >= 11 is 0. The summed E-state index contributed by atoms with van der Waals surface area (Å²) in [7, 11) is 0. The molecule has 1 rings (SSSR count). The molecule has 1 aromatic rings. The Morgan fingerprint density at radius 2 is 1.84 bits per heavy atom. The molecule has 1 amide bonds. The van der Waals surface area contributed by atoms with Crippen LogP contribution in [0.4, 0.5) is 0 Å². The molecule has 0 aromatic heterocycles. The number of likely N-dealkylation sites (N-methyl/N-ethyl adjacent to an activating group) is 1. The molecule has 102 valence electrons. The lowest BCUT2D eigenvalue weighted by Crippen LogP contribution is -2.32. The Labute approximate surface area is 111 Å². The fraction of sp³-hybridized carbons (Fsp3) is 0.357. The third-order valence-corrected chi connectivity index (χ3v) is 2.33. The van der Waals surface area contributed by atoms with E-state index in [0.717, 1.165) is 0 Å². The Hall–Kier alpha value is -2.17. The maximum absolute atomic E-state index is 11.9. The van der Waals surface area contributed by atoms with Crippen LogP contribution in [0.5, 0.6) is 0 Å². The van der Waals surface area contributed by atoms with Gasteiger partial charge in [0.15, 0.2) is 0 Å². The van der Waals surface area contributed by atoms with Crippen molar-refractivity contribution in [2.45, 2.75) is 26.4 Å². The van der Waals surface area contributed by atoms with Crippen LogP contribution in [0.15, 0.2) is 30.3 Å². The van der Waals surface area contributed by atoms with Crippen molar-refractivity contribution in [3.8, 4) is 0 Å². The van der Waals surface area contributed by atoms with Gasteiger partial charge in [0.25, 0.3) is 5.91 Å². The van der Waals surface area contributed by atoms with Gasteiger partial charge in [-0.05, 0) is 13.8 Å². The van der Waals surface area contributed by atoms with Gasteiger partial charge in [0.05, 0.1) is 0 Å². The molecule has 0 fully saturated rings. The van der Waals surface area contributed by atoms with Gasteiger partial charge in [-0.1, -0.05) is 30.3 Å². The summed E-state index contributed by atoms with van der Waals surface area (Å²) in [6.07, 6.45) is -1.35. The summed E-state index contributed by atoms with van der Waals surface area (Å²) in [4.78, 5) is 34.3. The van der Waals surface area contributed by atoms with Crippen LogP contribution in [-0.2, 0) is 19.1 Å². The third kappa shape index (κ3) is 4.91. The highest BCUT2D eigenvalue weighted by Crippen LogP contribution is 2.18. The van der Waals surface area contributed by atoms with Gasteiger partial charge >= 0.3 is 5.97 Å². The van der Waals surface area contributed by atoms with E-state index in [1.165, 1.54) is 6.92 Å². The number of ether oxygens (including phenoxy) is 1. The zero-order chi connectivity index (χ0) is 14.3. The van der Waals surface area contributed by atoms with Crippen LogP contribution in [0, 0.1) is 0 Å². The van der Waals surface area contributed by atoms with E-state index in [-0.39, 0.29) is 12.2 Å². The lowest BCUT2D eigenvalue weighted by atomic mass is 10.1. The summed E-state index contributed by atoms with van der Waals surface area (Å²) in [5.74, 6) is -1.40. The van der Waals surface area contributed by atoms with Crippen molar-refractivity contribution in [3.05, 3.63) is 35.9 Å². The predicted octanol–water partition coefficient (Wildman–Crippen LogP) is 1.39. The second-order valence-electron chi connectivity index (χ2n) is 4.05. The second kappa shape index (κ2) is 7.31. The first-order valence-electron chi connectivity index (χ1n) is 6.06. The normalized spacial score (nSPS) is 11.5. The van der Waals surface area contributed by atoms with Crippen LogP contribution in [-0.4, -0.2) is 24.2 Å². The molecule has 0 heterocycles. The molecule has 5 nitrogen and oxygen atoms in total. The van der Waals surface area contributed by atoms with Crippen LogP contribution in [0.1, 0.15) is 31.9 Å². The van der Waals surface area contributed by atoms with E-state index in [2.05, 4.69) is 5.32 Å². The molecule has 1 unspecified atom stereocenters. The largest absolute Gasteiger partial charge is 0.447 e. The quantitative estimate of drug-likeness (QED) is 0.621. The van der Waals surface area contributed by atoms with Crippen LogP contribution in [0.3, 0.4) is 0 Å². The molecule has 1 atom stereocenters. The van der Waals surface area contributed by atoms with Gasteiger partial charge in [0, 0.05) is 12.1 Å². The number of Topliss-reactive ketones (excluding diaryl/α,β-unsaturated/α-hetero) is 1. The number of hydrogen-bond acceptors (Lipinski definition) is 4. The number of amides is 1. The lowest BCUT2D eigenvalue weighted by Gasteiger charge is -2.17. The summed E-state index contributed by atoms with van der Waals surface area (Å²) in [5, 5.41) is 2.60. The van der Waals surface area contributed by atoms with Crippen molar-refractivity contribution in [2.75, 3.05) is 6.54 Å². The van der Waals surface area contributed by atoms with E-state index in [9.17, 15) is 14.4 Å². The summed E-state index contributed by atoms with van der Waals surface area (Å²) < 4.78 is 5.09. The van der Waals surface area contributed by atoms with Crippen molar-refractivity contribution in [2.24, 2.45) is 0 Å². The van der Waals surface area contributed by atoms with Crippen LogP contribution >= 0.6 is 0 Å². The molecule has 0 bridgehead atoms. The smallest absolute Gasteiger partial charge is 0.314 e. The van der Waals surface area contributed by atoms with Gasteiger partial charge in [0.1, 0.15) is 12.2 Å². The molecule has 1 N–H and O–H groups in total. The minimum absolute atomic E-state index is 0.298. The SMILES string of the molecule is CCNC(=O)C(OC(=O)CC(C)=O)c1ccccc1. The lowest BCUT2D eigenvalue weighted by molar-refractivity contribution is -0.157. The first-order chi connectivity index (χ1) is 9.04. The molecular weight excluding hydrogens is 246 g/mol. The standard InChI is InChI=1S/C14H17NO4/c1-3-15-14(18)13(11-7-5-4-6-8-11)19-12(17)9-10(2)16/h4-8,13H,3,9H2,1-2H3,(H,15,18). The van der Waals surface area contributed by atoms with Crippen molar-refractivity contribution in [1.29, 1.82) is 0 Å². The number of carbonyl (C=O) groups excluding carboxylic acids is 3. The maximum atomic E-state index is 11.9. The number of esters is 1. The summed E-state index contributed by atoms with van der Waals surface area (Å²) in [6.45, 7) is 3.51. The Morgan fingerprint density at radius 1 is 1.21 bits per heavy atom. The number of ketones is 1. The maximum Gasteiger partial charge on any atom is 0.314 e. The molecule has 0 aliphatic heterocycles. The van der Waals surface area contributed by atoms with Gasteiger partial charge < -0.3 is 10.1 Å². The molecular formula is C14H17NO4. The van der Waals surface area contributed by atoms with Gasteiger partial charge in [0.2, 0.25) is 6.10 Å². The Bertz CT molecular complexity index is 456. The zero-order valence-corrected chi connectivity index (χ0v) is 11.0. The Balaban J connectivity index is 2.84. The van der Waals surface area contributed by atoms with E-state index >= 15 is 0 Å². The Kier molecular flexibility index (Phi) is 5.73. The molecule has 5 heteroatoms. The van der Waals surface area contributed by atoms with Crippen LogP contribution < -0.4 is 5.32 Å². The second-order valence-corrected chi connectivity index (χ2v) is 4.05. The fourth-order valence-electron chi connectivity index (χ4n) is 1.54. The van der Waals surface area contributed by atoms with Gasteiger partial charge in [-0.2, -0.15) is 0 Å². The number of rotatable bonds is 6. The minimum Gasteiger partial charge on any atom is -0.447 e. The zero-order valence-electron chi connectivity index (χ0n) is 11.0. The number of nitrogens with one attached hydrogen (secondary N) is 1. The predicted molar refractivity (Wildman–Crippen MR) is 69.3 cm³/mol. The molecule has 0 spiro atoms. The van der Waals surface area contributed by atoms with Crippen molar-refractivity contribution < 1.29 is 19.1 Å². The van der Waals surface area contributed by atoms with Gasteiger partial charge in [-0.15, -0.1) is 0 Å². The highest BCUT2D eigenvalue weighted by Gasteiger charge is 2.24. The van der Waals surface area contributed by atoms with Crippen LogP contribution in [0.2, 0.25) is 0 Å². The van der Waals surface area contributed by atoms with E-state index in [1.54, 1.807) is 37.3 Å². The molecule has 0 saturated heterocycles. The average molecular weight is 263 g/mol. The summed E-state index contributed by atoms with van der Waals surface area (Å²) in [6, 6.07) is 8.69. The van der Waals surface area contributed by atoms with E-state index < -0.39 is 18.0 Å². The average Bonchev–Trinajstić information content (AvgIpc) is 2.36. The molecule has 19 heavy (non-hydrogen) atoms. The molecule has 0 aliphatic rings. The molecule has 0 aliphatic carbocycles. The number of carbonyl (C=O) groups is 3. The van der Waals surface area contributed by atoms with E-state index in [0.29, 0.717) is 12.1 Å². The van der Waals surface area contributed by atoms with Gasteiger partial charge in [-0.25, -0.2) is 0 Å². The Morgan fingerprint density at radius 3 is 2.37 bits per heavy atom. The van der Waals surface area contributed by atoms with E-state index in [1.807, 2.05) is 0 Å². The number of benzene rings is 1. The fourth-order valence-corrected chi connectivity index (χ4v) is 1.54. The van der Waals surface area contributed by atoms with E-state index in [4.69, 9.17) is 4.74 Å². The first kappa shape index (κ1) is 14.9. The highest BCUT2D eigenvalue weighted by molar-refractivity contribution is 5.95. The minimum atomic E-state index is -1.02. The number of hydrogen-bond donors (Lipinski definition) is 1. The first-order valence-corrected chi connectivity index (χ1v) is 6.06. The molecule has 0 saturated carbocycles. The highest BCUT2D eigenvalue weighted by atomic mass is 16.5. The monoisotopic (exact) mass is 263 g/mol. The van der Waals surface area contributed by atoms with Crippen LogP contribution in [0.25, 0.3) is 0 Å². The van der Waals surface area contributed by atoms with Gasteiger partial charge in [-0.3, -0.25) is 14.4 Å². The topological polar surface area (TPSA) is 72.5 Å². The molecule has 1 aromatic carbocycles. The van der Waals surface area contributed by atoms with Crippen molar-refractivity contribution in [1.82, 2.24) is 5.32 Å². The molecule has 0 radical (unpaired) electrons. The third-order valence-electron chi connectivity index (χ3n) is 2.33. The summed E-state index contributed by atoms with van der Waals surface area (Å²) in [5.41, 5.74) is 0.574.